The topological polar surface area (TPSA) is 65.1 Å². The van der Waals surface area contributed by atoms with E-state index in [-0.39, 0.29) is 17.9 Å². The van der Waals surface area contributed by atoms with Crippen LogP contribution in [0, 0.1) is 5.82 Å². The van der Waals surface area contributed by atoms with E-state index in [1.54, 1.807) is 25.4 Å². The Balaban J connectivity index is 2.55. The zero-order chi connectivity index (χ0) is 15.6. The van der Waals surface area contributed by atoms with Crippen molar-refractivity contribution in [3.05, 3.63) is 45.9 Å². The van der Waals surface area contributed by atoms with Crippen molar-refractivity contribution in [2.24, 2.45) is 5.84 Å². The van der Waals surface area contributed by atoms with Crippen molar-refractivity contribution >= 4 is 15.9 Å². The van der Waals surface area contributed by atoms with Crippen LogP contribution in [0.15, 0.2) is 28.9 Å². The molecule has 0 aliphatic heterocycles. The number of methoxy groups -OCH3 is 1. The summed E-state index contributed by atoms with van der Waals surface area (Å²) in [6.07, 6.45) is 1.65. The van der Waals surface area contributed by atoms with E-state index in [0.717, 1.165) is 11.3 Å². The summed E-state index contributed by atoms with van der Waals surface area (Å²) in [5, 5.41) is 4.33. The van der Waals surface area contributed by atoms with Crippen molar-refractivity contribution in [3.8, 4) is 5.75 Å². The fraction of sp³-hybridized carbons (Fsp3) is 0.357. The summed E-state index contributed by atoms with van der Waals surface area (Å²) in [7, 11) is 1.58. The van der Waals surface area contributed by atoms with E-state index < -0.39 is 0 Å². The van der Waals surface area contributed by atoms with Crippen molar-refractivity contribution in [3.63, 3.8) is 0 Å². The van der Waals surface area contributed by atoms with Gasteiger partial charge in [-0.1, -0.05) is 6.07 Å². The van der Waals surface area contributed by atoms with Gasteiger partial charge in [-0.3, -0.25) is 10.5 Å². The maximum atomic E-state index is 13.4. The van der Waals surface area contributed by atoms with Crippen LogP contribution in [0.1, 0.15) is 37.2 Å². The Morgan fingerprint density at radius 1 is 1.43 bits per heavy atom. The quantitative estimate of drug-likeness (QED) is 0.638. The first-order chi connectivity index (χ1) is 9.99. The van der Waals surface area contributed by atoms with E-state index in [1.165, 1.54) is 6.07 Å². The average Bonchev–Trinajstić information content (AvgIpc) is 2.87. The molecule has 0 aliphatic carbocycles. The van der Waals surface area contributed by atoms with Gasteiger partial charge in [0.25, 0.3) is 0 Å². The molecule has 7 heteroatoms. The summed E-state index contributed by atoms with van der Waals surface area (Å²) in [5.41, 5.74) is 4.36. The molecule has 0 aliphatic rings. The number of hydrogen-bond acceptors (Lipinski definition) is 4. The van der Waals surface area contributed by atoms with Gasteiger partial charge in [-0.25, -0.2) is 9.82 Å². The lowest BCUT2D eigenvalue weighted by atomic mass is 10.0. The molecule has 0 spiro atoms. The molecule has 0 saturated carbocycles. The van der Waals surface area contributed by atoms with Gasteiger partial charge in [0.1, 0.15) is 11.5 Å². The highest BCUT2D eigenvalue weighted by molar-refractivity contribution is 9.10. The summed E-state index contributed by atoms with van der Waals surface area (Å²) in [6.45, 7) is 4.04. The second kappa shape index (κ2) is 6.55. The summed E-state index contributed by atoms with van der Waals surface area (Å²) in [4.78, 5) is 0. The minimum Gasteiger partial charge on any atom is -0.493 e. The number of aromatic nitrogens is 2. The zero-order valence-corrected chi connectivity index (χ0v) is 13.7. The fourth-order valence-corrected chi connectivity index (χ4v) is 2.62. The van der Waals surface area contributed by atoms with Crippen molar-refractivity contribution in [1.29, 1.82) is 0 Å². The lowest BCUT2D eigenvalue weighted by Gasteiger charge is -2.21. The number of nitrogens with one attached hydrogen (secondary N) is 1. The molecule has 0 fully saturated rings. The zero-order valence-electron chi connectivity index (χ0n) is 12.1. The molecule has 0 saturated heterocycles. The van der Waals surface area contributed by atoms with Gasteiger partial charge in [0.2, 0.25) is 0 Å². The van der Waals surface area contributed by atoms with E-state index in [9.17, 15) is 4.39 Å². The summed E-state index contributed by atoms with van der Waals surface area (Å²) in [5.74, 6) is 6.03. The molecule has 5 nitrogen and oxygen atoms in total. The Kier molecular flexibility index (Phi) is 4.97. The molecule has 1 unspecified atom stereocenters. The molecule has 1 atom stereocenters. The SMILES string of the molecule is COc1cnn(C(C)C)c1C(NN)c1ccc(F)c(Br)c1. The van der Waals surface area contributed by atoms with Crippen LogP contribution in [0.5, 0.6) is 5.75 Å². The molecule has 2 aromatic rings. The molecule has 114 valence electrons. The highest BCUT2D eigenvalue weighted by atomic mass is 79.9. The number of hydrogen-bond donors (Lipinski definition) is 2. The highest BCUT2D eigenvalue weighted by Gasteiger charge is 2.24. The van der Waals surface area contributed by atoms with Crippen molar-refractivity contribution < 1.29 is 9.13 Å². The standard InChI is InChI=1S/C14H18BrFN4O/c1-8(2)20-14(12(21-3)7-18-20)13(19-17)9-4-5-11(16)10(15)6-9/h4-8,13,19H,17H2,1-3H3. The Morgan fingerprint density at radius 3 is 2.67 bits per heavy atom. The largest absolute Gasteiger partial charge is 0.493 e. The second-order valence-electron chi connectivity index (χ2n) is 4.91. The number of nitrogens with zero attached hydrogens (tertiary/aromatic N) is 2. The third kappa shape index (κ3) is 3.09. The first-order valence-corrected chi connectivity index (χ1v) is 7.31. The van der Waals surface area contributed by atoms with E-state index >= 15 is 0 Å². The van der Waals surface area contributed by atoms with Crippen LogP contribution in [0.2, 0.25) is 0 Å². The lowest BCUT2D eigenvalue weighted by molar-refractivity contribution is 0.394. The molecule has 1 heterocycles. The molecule has 0 amide bonds. The minimum absolute atomic E-state index is 0.142. The van der Waals surface area contributed by atoms with Gasteiger partial charge in [-0.05, 0) is 47.5 Å². The second-order valence-corrected chi connectivity index (χ2v) is 5.76. The highest BCUT2D eigenvalue weighted by Crippen LogP contribution is 2.32. The van der Waals surface area contributed by atoms with Gasteiger partial charge in [0, 0.05) is 6.04 Å². The summed E-state index contributed by atoms with van der Waals surface area (Å²) in [6, 6.07) is 4.55. The van der Waals surface area contributed by atoms with E-state index in [1.807, 2.05) is 18.5 Å². The van der Waals surface area contributed by atoms with Gasteiger partial charge in [0.15, 0.2) is 5.75 Å². The first-order valence-electron chi connectivity index (χ1n) is 6.52. The fourth-order valence-electron chi connectivity index (χ4n) is 2.22. The Hall–Kier alpha value is -1.44. The van der Waals surface area contributed by atoms with Crippen LogP contribution < -0.4 is 16.0 Å². The third-order valence-corrected chi connectivity index (χ3v) is 3.83. The monoisotopic (exact) mass is 356 g/mol. The van der Waals surface area contributed by atoms with Gasteiger partial charge in [0.05, 0.1) is 23.8 Å². The molecule has 0 bridgehead atoms. The van der Waals surface area contributed by atoms with Gasteiger partial charge < -0.3 is 4.74 Å². The van der Waals surface area contributed by atoms with Crippen molar-refractivity contribution in [2.45, 2.75) is 25.9 Å². The smallest absolute Gasteiger partial charge is 0.161 e. The molecule has 0 radical (unpaired) electrons. The van der Waals surface area contributed by atoms with Crippen LogP contribution in [0.4, 0.5) is 4.39 Å². The number of benzene rings is 1. The lowest BCUT2D eigenvalue weighted by Crippen LogP contribution is -2.31. The number of rotatable bonds is 5. The minimum atomic E-state index is -0.359. The summed E-state index contributed by atoms with van der Waals surface area (Å²) < 4.78 is 21.0. The molecular formula is C14H18BrFN4O. The van der Waals surface area contributed by atoms with Crippen LogP contribution in [0.3, 0.4) is 0 Å². The first kappa shape index (κ1) is 15.9. The third-order valence-electron chi connectivity index (χ3n) is 3.22. The van der Waals surface area contributed by atoms with Gasteiger partial charge in [-0.2, -0.15) is 5.10 Å². The molecule has 21 heavy (non-hydrogen) atoms. The van der Waals surface area contributed by atoms with Crippen LogP contribution >= 0.6 is 15.9 Å². The number of hydrazine groups is 1. The molecular weight excluding hydrogens is 339 g/mol. The van der Waals surface area contributed by atoms with Crippen molar-refractivity contribution in [1.82, 2.24) is 15.2 Å². The van der Waals surface area contributed by atoms with Gasteiger partial charge in [-0.15, -0.1) is 0 Å². The van der Waals surface area contributed by atoms with Crippen molar-refractivity contribution in [2.75, 3.05) is 7.11 Å². The van der Waals surface area contributed by atoms with E-state index in [0.29, 0.717) is 10.2 Å². The van der Waals surface area contributed by atoms with E-state index in [4.69, 9.17) is 10.6 Å². The predicted molar refractivity (Wildman–Crippen MR) is 82.4 cm³/mol. The Morgan fingerprint density at radius 2 is 2.14 bits per heavy atom. The maximum Gasteiger partial charge on any atom is 0.161 e. The molecule has 1 aromatic heterocycles. The predicted octanol–water partition coefficient (Wildman–Crippen LogP) is 2.93. The molecule has 2 rings (SSSR count). The Labute approximate surface area is 131 Å². The van der Waals surface area contributed by atoms with E-state index in [2.05, 4.69) is 26.5 Å². The van der Waals surface area contributed by atoms with Crippen LogP contribution in [-0.4, -0.2) is 16.9 Å². The van der Waals surface area contributed by atoms with Gasteiger partial charge >= 0.3 is 0 Å². The summed E-state index contributed by atoms with van der Waals surface area (Å²) >= 11 is 3.19. The normalized spacial score (nSPS) is 12.7. The van der Waals surface area contributed by atoms with Crippen LogP contribution in [-0.2, 0) is 0 Å². The Bertz CT molecular complexity index is 629. The number of nitrogens with two attached hydrogens (primary N) is 1. The van der Waals surface area contributed by atoms with Crippen LogP contribution in [0.25, 0.3) is 0 Å². The average molecular weight is 357 g/mol. The number of ether oxygens (including phenoxy) is 1. The molecule has 1 aromatic carbocycles. The number of halogens is 2. The molecule has 3 N–H and O–H groups in total. The maximum absolute atomic E-state index is 13.4.